The summed E-state index contributed by atoms with van der Waals surface area (Å²) in [6.07, 6.45) is -0.673. The van der Waals surface area contributed by atoms with Crippen LogP contribution in [0.4, 0.5) is 10.1 Å². The smallest absolute Gasteiger partial charge is 0.126 e. The number of hydrogen-bond acceptors (Lipinski definition) is 2. The van der Waals surface area contributed by atoms with Crippen molar-refractivity contribution in [3.8, 4) is 0 Å². The minimum Gasteiger partial charge on any atom is -0.398 e. The number of nitrogens with two attached hydrogens (primary N) is 1. The molecule has 0 fully saturated rings. The van der Waals surface area contributed by atoms with E-state index in [0.29, 0.717) is 16.8 Å². The van der Waals surface area contributed by atoms with E-state index in [9.17, 15) is 9.50 Å². The Morgan fingerprint density at radius 3 is 2.47 bits per heavy atom. The number of aliphatic hydroxyl groups excluding tert-OH is 1. The van der Waals surface area contributed by atoms with Crippen LogP contribution in [0.15, 0.2) is 45.3 Å². The average molecular weight is 389 g/mol. The normalized spacial score (nSPS) is 12.4. The molecule has 2 nitrogen and oxygen atoms in total. The van der Waals surface area contributed by atoms with E-state index in [2.05, 4.69) is 31.9 Å². The van der Waals surface area contributed by atoms with Crippen LogP contribution in [-0.4, -0.2) is 5.11 Å². The summed E-state index contributed by atoms with van der Waals surface area (Å²) in [6, 6.07) is 9.91. The predicted molar refractivity (Wildman–Crippen MR) is 81.3 cm³/mol. The van der Waals surface area contributed by atoms with E-state index in [4.69, 9.17) is 5.73 Å². The van der Waals surface area contributed by atoms with Gasteiger partial charge in [0, 0.05) is 26.6 Å². The van der Waals surface area contributed by atoms with Gasteiger partial charge in [-0.2, -0.15) is 0 Å². The number of benzene rings is 2. The van der Waals surface area contributed by atoms with Crippen molar-refractivity contribution in [2.45, 2.75) is 12.5 Å². The zero-order valence-electron chi connectivity index (χ0n) is 9.91. The van der Waals surface area contributed by atoms with Crippen molar-refractivity contribution in [3.05, 3.63) is 62.3 Å². The maximum atomic E-state index is 13.7. The third-order valence-corrected chi connectivity index (χ3v) is 3.82. The molecule has 0 spiro atoms. The van der Waals surface area contributed by atoms with Crippen molar-refractivity contribution in [3.63, 3.8) is 0 Å². The fourth-order valence-electron chi connectivity index (χ4n) is 1.85. The van der Waals surface area contributed by atoms with Crippen LogP contribution in [-0.2, 0) is 6.42 Å². The highest BCUT2D eigenvalue weighted by molar-refractivity contribution is 9.10. The van der Waals surface area contributed by atoms with Gasteiger partial charge < -0.3 is 10.8 Å². The van der Waals surface area contributed by atoms with Crippen LogP contribution in [0.5, 0.6) is 0 Å². The summed E-state index contributed by atoms with van der Waals surface area (Å²) in [5, 5.41) is 10.2. The Morgan fingerprint density at radius 1 is 1.11 bits per heavy atom. The molecular formula is C14H12Br2FNO. The summed E-state index contributed by atoms with van der Waals surface area (Å²) >= 11 is 6.62. The second-order valence-corrected chi connectivity index (χ2v) is 6.06. The summed E-state index contributed by atoms with van der Waals surface area (Å²) in [5.41, 5.74) is 7.36. The first-order chi connectivity index (χ1) is 8.97. The van der Waals surface area contributed by atoms with Crippen LogP contribution in [0, 0.1) is 5.82 Å². The van der Waals surface area contributed by atoms with Gasteiger partial charge in [0.2, 0.25) is 0 Å². The van der Waals surface area contributed by atoms with Gasteiger partial charge in [-0.15, -0.1) is 0 Å². The Kier molecular flexibility index (Phi) is 4.60. The van der Waals surface area contributed by atoms with Gasteiger partial charge in [0.25, 0.3) is 0 Å². The molecule has 100 valence electrons. The Hall–Kier alpha value is -0.910. The first-order valence-corrected chi connectivity index (χ1v) is 7.23. The number of hydrogen-bond donors (Lipinski definition) is 2. The molecule has 2 rings (SSSR count). The Balaban J connectivity index is 2.27. The monoisotopic (exact) mass is 387 g/mol. The number of halogens is 3. The van der Waals surface area contributed by atoms with E-state index in [1.165, 1.54) is 6.07 Å². The van der Waals surface area contributed by atoms with Gasteiger partial charge >= 0.3 is 0 Å². The molecule has 5 heteroatoms. The number of rotatable bonds is 3. The number of anilines is 1. The number of nitrogen functional groups attached to an aromatic ring is 1. The quantitative estimate of drug-likeness (QED) is 0.773. The van der Waals surface area contributed by atoms with Gasteiger partial charge in [0.15, 0.2) is 0 Å². The Bertz CT molecular complexity index is 604. The fourth-order valence-corrected chi connectivity index (χ4v) is 2.64. The van der Waals surface area contributed by atoms with E-state index < -0.39 is 6.10 Å². The molecule has 19 heavy (non-hydrogen) atoms. The summed E-state index contributed by atoms with van der Waals surface area (Å²) in [5.74, 6) is -0.337. The Labute approximate surface area is 127 Å². The van der Waals surface area contributed by atoms with Crippen molar-refractivity contribution in [1.29, 1.82) is 0 Å². The first-order valence-electron chi connectivity index (χ1n) is 5.64. The molecule has 0 heterocycles. The molecular weight excluding hydrogens is 377 g/mol. The minimum absolute atomic E-state index is 0.173. The summed E-state index contributed by atoms with van der Waals surface area (Å²) < 4.78 is 15.3. The highest BCUT2D eigenvalue weighted by atomic mass is 79.9. The molecule has 0 aliphatic carbocycles. The van der Waals surface area contributed by atoms with Crippen molar-refractivity contribution in [2.75, 3.05) is 5.73 Å². The van der Waals surface area contributed by atoms with Crippen LogP contribution in [0.2, 0.25) is 0 Å². The molecule has 0 bridgehead atoms. The van der Waals surface area contributed by atoms with Crippen molar-refractivity contribution in [1.82, 2.24) is 0 Å². The molecule has 0 saturated carbocycles. The molecule has 0 amide bonds. The van der Waals surface area contributed by atoms with Gasteiger partial charge in [-0.1, -0.05) is 31.9 Å². The summed E-state index contributed by atoms with van der Waals surface area (Å²) in [4.78, 5) is 0. The lowest BCUT2D eigenvalue weighted by molar-refractivity contribution is 0.178. The molecule has 0 radical (unpaired) electrons. The third kappa shape index (κ3) is 3.55. The lowest BCUT2D eigenvalue weighted by atomic mass is 10.00. The number of aliphatic hydroxyl groups is 1. The van der Waals surface area contributed by atoms with Crippen molar-refractivity contribution < 1.29 is 9.50 Å². The minimum atomic E-state index is -0.846. The van der Waals surface area contributed by atoms with Crippen LogP contribution < -0.4 is 5.73 Å². The van der Waals surface area contributed by atoms with Crippen LogP contribution in [0.3, 0.4) is 0 Å². The lowest BCUT2D eigenvalue weighted by Crippen LogP contribution is -2.06. The van der Waals surface area contributed by atoms with Crippen LogP contribution >= 0.6 is 31.9 Å². The highest BCUT2D eigenvalue weighted by Gasteiger charge is 2.15. The van der Waals surface area contributed by atoms with Gasteiger partial charge in [0.05, 0.1) is 6.10 Å². The van der Waals surface area contributed by atoms with E-state index >= 15 is 0 Å². The molecule has 0 aromatic heterocycles. The third-order valence-electron chi connectivity index (χ3n) is 2.83. The van der Waals surface area contributed by atoms with Crippen molar-refractivity contribution in [2.24, 2.45) is 0 Å². The van der Waals surface area contributed by atoms with Gasteiger partial charge in [-0.25, -0.2) is 4.39 Å². The van der Waals surface area contributed by atoms with E-state index in [1.54, 1.807) is 30.3 Å². The molecule has 0 aliphatic rings. The van der Waals surface area contributed by atoms with Gasteiger partial charge in [0.1, 0.15) is 5.82 Å². The molecule has 0 saturated heterocycles. The predicted octanol–water partition coefficient (Wildman–Crippen LogP) is 4.21. The largest absolute Gasteiger partial charge is 0.398 e. The van der Waals surface area contributed by atoms with Crippen molar-refractivity contribution >= 4 is 37.5 Å². The second-order valence-electron chi connectivity index (χ2n) is 4.23. The van der Waals surface area contributed by atoms with Crippen LogP contribution in [0.1, 0.15) is 17.2 Å². The molecule has 3 N–H and O–H groups in total. The topological polar surface area (TPSA) is 46.2 Å². The molecule has 0 aliphatic heterocycles. The molecule has 2 aromatic carbocycles. The summed E-state index contributed by atoms with van der Waals surface area (Å²) in [6.45, 7) is 0. The average Bonchev–Trinajstić information content (AvgIpc) is 2.36. The first kappa shape index (κ1) is 14.5. The van der Waals surface area contributed by atoms with E-state index in [0.717, 1.165) is 8.95 Å². The standard InChI is InChI=1S/C14H12Br2FNO/c15-9-1-3-12(17)8(5-9)6-14(19)11-7-10(16)2-4-13(11)18/h1-5,7,14,19H,6,18H2. The second kappa shape index (κ2) is 6.03. The zero-order valence-corrected chi connectivity index (χ0v) is 13.1. The summed E-state index contributed by atoms with van der Waals surface area (Å²) in [7, 11) is 0. The highest BCUT2D eigenvalue weighted by Crippen LogP contribution is 2.28. The van der Waals surface area contributed by atoms with Crippen LogP contribution in [0.25, 0.3) is 0 Å². The lowest BCUT2D eigenvalue weighted by Gasteiger charge is -2.14. The molecule has 2 aromatic rings. The van der Waals surface area contributed by atoms with E-state index in [-0.39, 0.29) is 12.2 Å². The van der Waals surface area contributed by atoms with Gasteiger partial charge in [-0.3, -0.25) is 0 Å². The molecule has 1 atom stereocenters. The molecule has 1 unspecified atom stereocenters. The van der Waals surface area contributed by atoms with E-state index in [1.807, 2.05) is 0 Å². The maximum absolute atomic E-state index is 13.7. The van der Waals surface area contributed by atoms with Gasteiger partial charge in [-0.05, 0) is 42.0 Å². The Morgan fingerprint density at radius 2 is 1.74 bits per heavy atom. The maximum Gasteiger partial charge on any atom is 0.126 e. The zero-order chi connectivity index (χ0) is 14.0. The SMILES string of the molecule is Nc1ccc(Br)cc1C(O)Cc1cc(Br)ccc1F. The fraction of sp³-hybridized carbons (Fsp3) is 0.143.